The van der Waals surface area contributed by atoms with Crippen molar-refractivity contribution < 1.29 is 22.4 Å². The van der Waals surface area contributed by atoms with Crippen LogP contribution in [0.15, 0.2) is 66.9 Å². The Morgan fingerprint density at radius 1 is 1.03 bits per heavy atom. The summed E-state index contributed by atoms with van der Waals surface area (Å²) in [6, 6.07) is 13.3. The minimum atomic E-state index is -2.60. The van der Waals surface area contributed by atoms with Crippen LogP contribution in [0.1, 0.15) is 32.2 Å². The normalized spacial score (nSPS) is 24.6. The fourth-order valence-corrected chi connectivity index (χ4v) is 3.94. The summed E-state index contributed by atoms with van der Waals surface area (Å²) in [6.45, 7) is -4.55. The highest BCUT2D eigenvalue weighted by molar-refractivity contribution is 5.63. The quantitative estimate of drug-likeness (QED) is 0.531. The van der Waals surface area contributed by atoms with Gasteiger partial charge in [0.2, 0.25) is 5.95 Å². The number of aromatic nitrogens is 2. The fraction of sp³-hybridized carbons (Fsp3) is 0.357. The molecule has 0 unspecified atom stereocenters. The summed E-state index contributed by atoms with van der Waals surface area (Å²) in [5, 5.41) is 3.08. The number of hydrogen-bond acceptors (Lipinski definition) is 7. The minimum absolute atomic E-state index is 0.00116. The van der Waals surface area contributed by atoms with Gasteiger partial charge in [-0.1, -0.05) is 30.4 Å². The molecule has 0 amide bonds. The Hall–Kier alpha value is -3.26. The molecule has 3 aromatic rings. The van der Waals surface area contributed by atoms with Crippen molar-refractivity contribution in [3.8, 4) is 17.0 Å². The van der Waals surface area contributed by atoms with Gasteiger partial charge in [-0.05, 0) is 61.8 Å². The number of nitrogens with zero attached hydrogens (tertiary/aromatic N) is 3. The molecule has 1 N–H and O–H groups in total. The van der Waals surface area contributed by atoms with Gasteiger partial charge in [-0.15, -0.1) is 0 Å². The lowest BCUT2D eigenvalue weighted by Crippen LogP contribution is -2.25. The van der Waals surface area contributed by atoms with Crippen molar-refractivity contribution in [3.05, 3.63) is 78.0 Å². The van der Waals surface area contributed by atoms with Gasteiger partial charge in [0.1, 0.15) is 12.4 Å². The molecule has 2 aromatic carbocycles. The predicted octanol–water partition coefficient (Wildman–Crippen LogP) is 4.96. The summed E-state index contributed by atoms with van der Waals surface area (Å²) >= 11 is 0. The Morgan fingerprint density at radius 2 is 1.97 bits per heavy atom. The molecule has 7 heteroatoms. The van der Waals surface area contributed by atoms with Crippen LogP contribution in [0.4, 0.5) is 11.6 Å². The van der Waals surface area contributed by atoms with Gasteiger partial charge in [0.05, 0.1) is 40.2 Å². The highest BCUT2D eigenvalue weighted by Crippen LogP contribution is 2.26. The van der Waals surface area contributed by atoms with E-state index in [0.717, 1.165) is 32.0 Å². The molecule has 0 aliphatic carbocycles. The highest BCUT2D eigenvalue weighted by atomic mass is 16.5. The van der Waals surface area contributed by atoms with Crippen LogP contribution in [0.5, 0.6) is 5.75 Å². The van der Waals surface area contributed by atoms with Crippen LogP contribution in [0.3, 0.4) is 0 Å². The molecule has 2 aliphatic heterocycles. The van der Waals surface area contributed by atoms with E-state index in [2.05, 4.69) is 20.2 Å². The fourth-order valence-electron chi connectivity index (χ4n) is 3.94. The van der Waals surface area contributed by atoms with Gasteiger partial charge >= 0.3 is 0 Å². The molecule has 0 atom stereocenters. The smallest absolute Gasteiger partial charge is 0.227 e. The van der Waals surface area contributed by atoms with Crippen LogP contribution in [-0.2, 0) is 22.6 Å². The van der Waals surface area contributed by atoms with Gasteiger partial charge in [-0.25, -0.2) is 9.97 Å². The standard InChI is InChI=1S/C28H32N4O3/c1-2-13-32(12-1)14-17-35-27-9-8-25-19-24(27)21-34-16-4-3-15-33-20-22-6-5-7-23(18-22)26-10-11-29-28(30-25)31-26/h3-11,18-19H,1-2,12-17,20-21H2,(H,29,30,31)/b4-3+/i16D2,20D2,21D2. The number of rotatable bonds is 4. The molecule has 7 nitrogen and oxygen atoms in total. The molecule has 182 valence electrons. The van der Waals surface area contributed by atoms with Crippen molar-refractivity contribution in [3.63, 3.8) is 0 Å². The van der Waals surface area contributed by atoms with E-state index >= 15 is 0 Å². The van der Waals surface area contributed by atoms with Gasteiger partial charge < -0.3 is 19.5 Å². The lowest BCUT2D eigenvalue weighted by Gasteiger charge is -2.17. The molecule has 1 aromatic heterocycles. The molecule has 3 heterocycles. The third-order valence-corrected chi connectivity index (χ3v) is 5.69. The third-order valence-electron chi connectivity index (χ3n) is 5.69. The third kappa shape index (κ3) is 6.66. The first kappa shape index (κ1) is 17.2. The second-order valence-electron chi connectivity index (χ2n) is 8.22. The first-order chi connectivity index (χ1) is 19.5. The summed E-state index contributed by atoms with van der Waals surface area (Å²) < 4.78 is 67.4. The van der Waals surface area contributed by atoms with Crippen molar-refractivity contribution in [2.45, 2.75) is 26.0 Å². The van der Waals surface area contributed by atoms with E-state index in [-0.39, 0.29) is 29.4 Å². The second kappa shape index (κ2) is 11.9. The zero-order chi connectivity index (χ0) is 29.1. The Balaban J connectivity index is 1.51. The number of anilines is 2. The van der Waals surface area contributed by atoms with E-state index in [1.54, 1.807) is 48.7 Å². The first-order valence-electron chi connectivity index (χ1n) is 14.7. The Labute approximate surface area is 215 Å². The van der Waals surface area contributed by atoms with Crippen LogP contribution in [0.25, 0.3) is 11.3 Å². The molecular formula is C28H32N4O3. The van der Waals surface area contributed by atoms with Crippen molar-refractivity contribution >= 4 is 11.6 Å². The van der Waals surface area contributed by atoms with E-state index < -0.39 is 19.7 Å². The maximum Gasteiger partial charge on any atom is 0.227 e. The first-order valence-corrected chi connectivity index (χ1v) is 11.7. The Morgan fingerprint density at radius 3 is 2.91 bits per heavy atom. The molecule has 5 rings (SSSR count). The summed E-state index contributed by atoms with van der Waals surface area (Å²) in [5.74, 6) is 0.471. The van der Waals surface area contributed by atoms with Gasteiger partial charge in [0.15, 0.2) is 0 Å². The molecule has 1 saturated heterocycles. The average Bonchev–Trinajstić information content (AvgIpc) is 3.45. The summed E-state index contributed by atoms with van der Waals surface area (Å²) in [7, 11) is 0. The molecule has 35 heavy (non-hydrogen) atoms. The number of hydrogen-bond donors (Lipinski definition) is 1. The largest absolute Gasteiger partial charge is 0.492 e. The number of nitrogens with one attached hydrogen (secondary N) is 1. The lowest BCUT2D eigenvalue weighted by molar-refractivity contribution is 0.138. The molecule has 0 radical (unpaired) electrons. The van der Waals surface area contributed by atoms with Crippen LogP contribution in [0.2, 0.25) is 0 Å². The van der Waals surface area contributed by atoms with Crippen molar-refractivity contribution in [2.75, 3.05) is 44.7 Å². The minimum Gasteiger partial charge on any atom is -0.492 e. The summed E-state index contributed by atoms with van der Waals surface area (Å²) in [6.07, 6.45) is 6.14. The maximum atomic E-state index is 8.69. The number of benzene rings is 2. The van der Waals surface area contributed by atoms with E-state index in [1.807, 2.05) is 0 Å². The molecule has 6 bridgehead atoms. The SMILES string of the molecule is [2H]C1([2H])/C=C/COC([2H])([2H])c2cccc(c2)-c2ccnc(n2)Nc2ccc(OCCN3CCCC3)c(c2)C([2H])([2H])O1. The topological polar surface area (TPSA) is 68.7 Å². The van der Waals surface area contributed by atoms with E-state index in [4.69, 9.17) is 22.4 Å². The van der Waals surface area contributed by atoms with Crippen LogP contribution < -0.4 is 10.1 Å². The van der Waals surface area contributed by atoms with Crippen LogP contribution >= 0.6 is 0 Å². The number of fused-ring (bicyclic) bond motifs is 7. The lowest BCUT2D eigenvalue weighted by atomic mass is 10.1. The summed E-state index contributed by atoms with van der Waals surface area (Å²) in [5.41, 5.74) is 1.92. The predicted molar refractivity (Wildman–Crippen MR) is 137 cm³/mol. The van der Waals surface area contributed by atoms with E-state index in [0.29, 0.717) is 30.1 Å². The van der Waals surface area contributed by atoms with E-state index in [1.165, 1.54) is 12.1 Å². The maximum absolute atomic E-state index is 8.69. The number of ether oxygens (including phenoxy) is 3. The number of likely N-dealkylation sites (tertiary alicyclic amines) is 1. The average molecular weight is 479 g/mol. The van der Waals surface area contributed by atoms with Gasteiger partial charge in [0, 0.05) is 29.6 Å². The molecule has 2 aliphatic rings. The van der Waals surface area contributed by atoms with Gasteiger partial charge in [0.25, 0.3) is 0 Å². The Bertz CT molecular complexity index is 1400. The van der Waals surface area contributed by atoms with Gasteiger partial charge in [-0.2, -0.15) is 0 Å². The Kier molecular flexibility index (Phi) is 5.87. The molecule has 0 spiro atoms. The zero-order valence-corrected chi connectivity index (χ0v) is 19.4. The van der Waals surface area contributed by atoms with Crippen LogP contribution in [0, 0.1) is 0 Å². The van der Waals surface area contributed by atoms with E-state index in [9.17, 15) is 0 Å². The monoisotopic (exact) mass is 478 g/mol. The van der Waals surface area contributed by atoms with Crippen LogP contribution in [-0.4, -0.2) is 54.3 Å². The molecular weight excluding hydrogens is 440 g/mol. The second-order valence-corrected chi connectivity index (χ2v) is 8.22. The molecule has 1 fully saturated rings. The van der Waals surface area contributed by atoms with Crippen molar-refractivity contribution in [1.29, 1.82) is 0 Å². The van der Waals surface area contributed by atoms with Crippen molar-refractivity contribution in [1.82, 2.24) is 14.9 Å². The molecule has 0 saturated carbocycles. The van der Waals surface area contributed by atoms with Crippen molar-refractivity contribution in [2.24, 2.45) is 0 Å². The van der Waals surface area contributed by atoms with Gasteiger partial charge in [-0.3, -0.25) is 4.90 Å². The highest BCUT2D eigenvalue weighted by Gasteiger charge is 2.13. The zero-order valence-electron chi connectivity index (χ0n) is 25.4. The summed E-state index contributed by atoms with van der Waals surface area (Å²) in [4.78, 5) is 11.1.